The number of fused-ring (bicyclic) bond motifs is 1. The maximum Gasteiger partial charge on any atom is 0.126 e. The summed E-state index contributed by atoms with van der Waals surface area (Å²) in [5.41, 5.74) is 2.49. The minimum atomic E-state index is -0.541. The number of nitrogens with one attached hydrogen (secondary N) is 1. The first-order valence-electron chi connectivity index (χ1n) is 9.19. The van der Waals surface area contributed by atoms with Gasteiger partial charge in [-0.25, -0.2) is 0 Å². The molecule has 0 bridgehead atoms. The Balaban J connectivity index is 1.50. The molecule has 0 spiro atoms. The molecule has 2 unspecified atom stereocenters. The van der Waals surface area contributed by atoms with E-state index in [0.717, 1.165) is 12.2 Å². The summed E-state index contributed by atoms with van der Waals surface area (Å²) < 4.78 is 11.6. The maximum absolute atomic E-state index is 9.95. The van der Waals surface area contributed by atoms with Crippen LogP contribution in [0.1, 0.15) is 23.5 Å². The van der Waals surface area contributed by atoms with Crippen molar-refractivity contribution in [1.29, 1.82) is 0 Å². The number of aliphatic hydroxyl groups excluding tert-OH is 2. The van der Waals surface area contributed by atoms with Crippen molar-refractivity contribution in [3.8, 4) is 11.5 Å². The SMILES string of the molecule is OCCNCCC(O)COc1ccc2c(c1)OCC(c1ccccc1)C2. The molecular formula is C21H27NO4. The topological polar surface area (TPSA) is 71.0 Å². The average molecular weight is 357 g/mol. The maximum atomic E-state index is 9.95. The summed E-state index contributed by atoms with van der Waals surface area (Å²) in [6.45, 7) is 2.21. The highest BCUT2D eigenvalue weighted by atomic mass is 16.5. The van der Waals surface area contributed by atoms with Crippen LogP contribution in [0.25, 0.3) is 0 Å². The summed E-state index contributed by atoms with van der Waals surface area (Å²) >= 11 is 0. The van der Waals surface area contributed by atoms with Crippen LogP contribution in [0.3, 0.4) is 0 Å². The van der Waals surface area contributed by atoms with Crippen molar-refractivity contribution in [1.82, 2.24) is 5.32 Å². The van der Waals surface area contributed by atoms with Gasteiger partial charge in [-0.3, -0.25) is 0 Å². The zero-order valence-electron chi connectivity index (χ0n) is 14.9. The third kappa shape index (κ3) is 5.21. The second-order valence-corrected chi connectivity index (χ2v) is 6.62. The predicted octanol–water partition coefficient (Wildman–Crippen LogP) is 2.12. The molecule has 0 radical (unpaired) electrons. The second-order valence-electron chi connectivity index (χ2n) is 6.62. The molecule has 5 nitrogen and oxygen atoms in total. The van der Waals surface area contributed by atoms with Crippen molar-refractivity contribution >= 4 is 0 Å². The fourth-order valence-corrected chi connectivity index (χ4v) is 3.13. The van der Waals surface area contributed by atoms with Crippen molar-refractivity contribution in [2.45, 2.75) is 24.9 Å². The van der Waals surface area contributed by atoms with E-state index in [1.54, 1.807) is 0 Å². The van der Waals surface area contributed by atoms with Gasteiger partial charge in [-0.15, -0.1) is 0 Å². The quantitative estimate of drug-likeness (QED) is 0.600. The molecule has 3 rings (SSSR count). The molecule has 0 fully saturated rings. The highest BCUT2D eigenvalue weighted by molar-refractivity contribution is 5.43. The lowest BCUT2D eigenvalue weighted by Gasteiger charge is -2.26. The highest BCUT2D eigenvalue weighted by Gasteiger charge is 2.21. The second kappa shape index (κ2) is 9.57. The molecule has 26 heavy (non-hydrogen) atoms. The van der Waals surface area contributed by atoms with Crippen LogP contribution in [-0.2, 0) is 6.42 Å². The molecule has 1 aliphatic rings. The van der Waals surface area contributed by atoms with Crippen molar-refractivity contribution in [2.24, 2.45) is 0 Å². The molecule has 2 atom stereocenters. The summed E-state index contributed by atoms with van der Waals surface area (Å²) in [7, 11) is 0. The van der Waals surface area contributed by atoms with E-state index in [1.165, 1.54) is 11.1 Å². The van der Waals surface area contributed by atoms with Crippen LogP contribution in [0.2, 0.25) is 0 Å². The number of benzene rings is 2. The predicted molar refractivity (Wildman–Crippen MR) is 101 cm³/mol. The third-order valence-electron chi connectivity index (χ3n) is 4.60. The van der Waals surface area contributed by atoms with E-state index in [2.05, 4.69) is 35.6 Å². The number of hydrogen-bond donors (Lipinski definition) is 3. The van der Waals surface area contributed by atoms with Gasteiger partial charge in [0.1, 0.15) is 18.1 Å². The van der Waals surface area contributed by atoms with E-state index in [0.29, 0.717) is 37.8 Å². The fourth-order valence-electron chi connectivity index (χ4n) is 3.13. The van der Waals surface area contributed by atoms with Crippen LogP contribution in [-0.4, -0.2) is 49.2 Å². The monoisotopic (exact) mass is 357 g/mol. The molecule has 0 aliphatic carbocycles. The lowest BCUT2D eigenvalue weighted by atomic mass is 9.90. The molecule has 3 N–H and O–H groups in total. The number of rotatable bonds is 9. The average Bonchev–Trinajstić information content (AvgIpc) is 2.70. The van der Waals surface area contributed by atoms with E-state index >= 15 is 0 Å². The number of ether oxygens (including phenoxy) is 2. The summed E-state index contributed by atoms with van der Waals surface area (Å²) in [4.78, 5) is 0. The van der Waals surface area contributed by atoms with Gasteiger partial charge in [0.2, 0.25) is 0 Å². The van der Waals surface area contributed by atoms with Gasteiger partial charge < -0.3 is 25.0 Å². The standard InChI is InChI=1S/C21H27NO4/c23-11-10-22-9-8-19(24)15-25-20-7-6-17-12-18(14-26-21(17)13-20)16-4-2-1-3-5-16/h1-7,13,18-19,22-24H,8-12,14-15H2. The van der Waals surface area contributed by atoms with Crippen LogP contribution < -0.4 is 14.8 Å². The molecule has 1 heterocycles. The minimum Gasteiger partial charge on any atom is -0.493 e. The Labute approximate surface area is 154 Å². The van der Waals surface area contributed by atoms with E-state index in [9.17, 15) is 5.11 Å². The first kappa shape index (κ1) is 18.7. The molecular weight excluding hydrogens is 330 g/mol. The Kier molecular flexibility index (Phi) is 6.89. The van der Waals surface area contributed by atoms with Crippen LogP contribution in [0.15, 0.2) is 48.5 Å². The molecule has 2 aromatic rings. The molecule has 5 heteroatoms. The van der Waals surface area contributed by atoms with Crippen molar-refractivity contribution in [3.05, 3.63) is 59.7 Å². The Morgan fingerprint density at radius 3 is 2.81 bits per heavy atom. The summed E-state index contributed by atoms with van der Waals surface area (Å²) in [6, 6.07) is 16.3. The summed E-state index contributed by atoms with van der Waals surface area (Å²) in [5.74, 6) is 1.96. The van der Waals surface area contributed by atoms with Gasteiger partial charge in [0.05, 0.1) is 19.3 Å². The molecule has 140 valence electrons. The van der Waals surface area contributed by atoms with Gasteiger partial charge in [-0.1, -0.05) is 36.4 Å². The zero-order chi connectivity index (χ0) is 18.2. The zero-order valence-corrected chi connectivity index (χ0v) is 14.9. The van der Waals surface area contributed by atoms with Crippen LogP contribution >= 0.6 is 0 Å². The van der Waals surface area contributed by atoms with Crippen LogP contribution in [0, 0.1) is 0 Å². The van der Waals surface area contributed by atoms with Gasteiger partial charge >= 0.3 is 0 Å². The molecule has 0 saturated heterocycles. The fraction of sp³-hybridized carbons (Fsp3) is 0.429. The Morgan fingerprint density at radius 1 is 1.15 bits per heavy atom. The number of hydrogen-bond acceptors (Lipinski definition) is 5. The first-order chi connectivity index (χ1) is 12.8. The van der Waals surface area contributed by atoms with E-state index in [4.69, 9.17) is 14.6 Å². The summed E-state index contributed by atoms with van der Waals surface area (Å²) in [6.07, 6.45) is 1.000. The highest BCUT2D eigenvalue weighted by Crippen LogP contribution is 2.34. The van der Waals surface area contributed by atoms with E-state index < -0.39 is 6.10 Å². The van der Waals surface area contributed by atoms with Gasteiger partial charge in [-0.2, -0.15) is 0 Å². The van der Waals surface area contributed by atoms with Gasteiger partial charge in [-0.05, 0) is 36.6 Å². The lowest BCUT2D eigenvalue weighted by molar-refractivity contribution is 0.0993. The normalized spacial score (nSPS) is 17.2. The van der Waals surface area contributed by atoms with E-state index in [-0.39, 0.29) is 13.2 Å². The van der Waals surface area contributed by atoms with Crippen molar-refractivity contribution in [3.63, 3.8) is 0 Å². The molecule has 0 saturated carbocycles. The third-order valence-corrected chi connectivity index (χ3v) is 4.60. The van der Waals surface area contributed by atoms with Gasteiger partial charge in [0.25, 0.3) is 0 Å². The van der Waals surface area contributed by atoms with Crippen molar-refractivity contribution < 1.29 is 19.7 Å². The first-order valence-corrected chi connectivity index (χ1v) is 9.19. The van der Waals surface area contributed by atoms with Gasteiger partial charge in [0, 0.05) is 18.5 Å². The largest absolute Gasteiger partial charge is 0.493 e. The summed E-state index contributed by atoms with van der Waals surface area (Å²) in [5, 5.41) is 21.7. The van der Waals surface area contributed by atoms with Crippen molar-refractivity contribution in [2.75, 3.05) is 32.9 Å². The smallest absolute Gasteiger partial charge is 0.126 e. The van der Waals surface area contributed by atoms with Crippen LogP contribution in [0.5, 0.6) is 11.5 Å². The Hall–Kier alpha value is -2.08. The van der Waals surface area contributed by atoms with E-state index in [1.807, 2.05) is 18.2 Å². The molecule has 0 amide bonds. The number of aliphatic hydroxyl groups is 2. The molecule has 1 aliphatic heterocycles. The van der Waals surface area contributed by atoms with Crippen LogP contribution in [0.4, 0.5) is 0 Å². The van der Waals surface area contributed by atoms with Gasteiger partial charge in [0.15, 0.2) is 0 Å². The minimum absolute atomic E-state index is 0.104. The Bertz CT molecular complexity index is 677. The molecule has 0 aromatic heterocycles. The Morgan fingerprint density at radius 2 is 2.00 bits per heavy atom. The molecule has 2 aromatic carbocycles. The lowest BCUT2D eigenvalue weighted by Crippen LogP contribution is -2.26.